The minimum Gasteiger partial charge on any atom is -0.338 e. The normalized spacial score (nSPS) is 10.7. The van der Waals surface area contributed by atoms with Gasteiger partial charge >= 0.3 is 0 Å². The predicted octanol–water partition coefficient (Wildman–Crippen LogP) is 2.46. The van der Waals surface area contributed by atoms with Gasteiger partial charge in [0, 0.05) is 16.6 Å². The van der Waals surface area contributed by atoms with Crippen LogP contribution in [0, 0.1) is 13.8 Å². The Morgan fingerprint density at radius 2 is 2.07 bits per heavy atom. The summed E-state index contributed by atoms with van der Waals surface area (Å²) in [5.74, 6) is 0. The van der Waals surface area contributed by atoms with Gasteiger partial charge in [-0.1, -0.05) is 11.6 Å². The molecule has 2 rings (SSSR count). The van der Waals surface area contributed by atoms with E-state index in [1.165, 1.54) is 10.9 Å². The van der Waals surface area contributed by atoms with Gasteiger partial charge in [-0.3, -0.25) is 0 Å². The molecule has 0 saturated heterocycles. The number of carbonyl (C=O) groups is 1. The molecule has 0 fully saturated rings. The number of benzene rings is 1. The van der Waals surface area contributed by atoms with E-state index < -0.39 is 0 Å². The first-order chi connectivity index (χ1) is 6.72. The number of aryl methyl sites for hydroxylation is 2. The van der Waals surface area contributed by atoms with Crippen molar-refractivity contribution in [3.05, 3.63) is 35.5 Å². The zero-order valence-electron chi connectivity index (χ0n) is 8.45. The van der Waals surface area contributed by atoms with Crippen LogP contribution in [0.1, 0.15) is 11.3 Å². The van der Waals surface area contributed by atoms with Gasteiger partial charge in [0.15, 0.2) is 0 Å². The van der Waals surface area contributed by atoms with Crippen LogP contribution in [0.4, 0.5) is 0 Å². The van der Waals surface area contributed by atoms with Gasteiger partial charge in [-0.15, -0.1) is 0 Å². The molecule has 0 unspecified atom stereocenters. The lowest BCUT2D eigenvalue weighted by molar-refractivity contribution is -0.108. The van der Waals surface area contributed by atoms with Gasteiger partial charge in [0.1, 0.15) is 6.29 Å². The Hall–Kier alpha value is -1.57. The van der Waals surface area contributed by atoms with E-state index >= 15 is 0 Å². The Kier molecular flexibility index (Phi) is 2.12. The summed E-state index contributed by atoms with van der Waals surface area (Å²) in [5.41, 5.74) is 3.53. The molecule has 0 aliphatic rings. The number of carbonyl (C=O) groups excluding carboxylic acids is 1. The van der Waals surface area contributed by atoms with Crippen molar-refractivity contribution in [1.82, 2.24) is 4.57 Å². The fraction of sp³-hybridized carbons (Fsp3) is 0.250. The largest absolute Gasteiger partial charge is 0.338 e. The van der Waals surface area contributed by atoms with E-state index in [2.05, 4.69) is 31.2 Å². The molecule has 2 aromatic rings. The van der Waals surface area contributed by atoms with Gasteiger partial charge < -0.3 is 9.36 Å². The second-order valence-corrected chi connectivity index (χ2v) is 3.63. The molecule has 72 valence electrons. The van der Waals surface area contributed by atoms with E-state index in [4.69, 9.17) is 0 Å². The van der Waals surface area contributed by atoms with Gasteiger partial charge in [-0.25, -0.2) is 0 Å². The third-order valence-corrected chi connectivity index (χ3v) is 2.52. The molecule has 0 atom stereocenters. The molecular weight excluding hydrogens is 174 g/mol. The summed E-state index contributed by atoms with van der Waals surface area (Å²) in [6.45, 7) is 4.54. The van der Waals surface area contributed by atoms with E-state index in [0.29, 0.717) is 6.54 Å². The quantitative estimate of drug-likeness (QED) is 0.662. The number of hydrogen-bond acceptors (Lipinski definition) is 1. The van der Waals surface area contributed by atoms with Crippen LogP contribution in [0.25, 0.3) is 10.9 Å². The van der Waals surface area contributed by atoms with Gasteiger partial charge in [0.05, 0.1) is 6.54 Å². The smallest absolute Gasteiger partial charge is 0.139 e. The Labute approximate surface area is 83.2 Å². The van der Waals surface area contributed by atoms with Gasteiger partial charge in [0.25, 0.3) is 0 Å². The number of hydrogen-bond donors (Lipinski definition) is 0. The van der Waals surface area contributed by atoms with E-state index in [-0.39, 0.29) is 0 Å². The number of aromatic nitrogens is 1. The van der Waals surface area contributed by atoms with Crippen molar-refractivity contribution in [2.75, 3.05) is 0 Å². The highest BCUT2D eigenvalue weighted by Gasteiger charge is 2.04. The SMILES string of the molecule is Cc1ccc2c(c1)cc(C)n2CC=O. The third-order valence-electron chi connectivity index (χ3n) is 2.52. The maximum Gasteiger partial charge on any atom is 0.139 e. The molecular formula is C12H13NO. The van der Waals surface area contributed by atoms with Crippen LogP contribution in [0.15, 0.2) is 24.3 Å². The lowest BCUT2D eigenvalue weighted by atomic mass is 10.2. The highest BCUT2D eigenvalue weighted by molar-refractivity contribution is 5.82. The lowest BCUT2D eigenvalue weighted by Crippen LogP contribution is -2.00. The first-order valence-electron chi connectivity index (χ1n) is 4.72. The Morgan fingerprint density at radius 1 is 1.29 bits per heavy atom. The van der Waals surface area contributed by atoms with Crippen LogP contribution >= 0.6 is 0 Å². The van der Waals surface area contributed by atoms with Crippen LogP contribution < -0.4 is 0 Å². The van der Waals surface area contributed by atoms with Crippen LogP contribution in [0.3, 0.4) is 0 Å². The maximum absolute atomic E-state index is 10.5. The summed E-state index contributed by atoms with van der Waals surface area (Å²) in [5, 5.41) is 1.21. The zero-order valence-corrected chi connectivity index (χ0v) is 8.45. The van der Waals surface area contributed by atoms with Crippen molar-refractivity contribution >= 4 is 17.2 Å². The van der Waals surface area contributed by atoms with E-state index in [9.17, 15) is 4.79 Å². The highest BCUT2D eigenvalue weighted by atomic mass is 16.1. The second-order valence-electron chi connectivity index (χ2n) is 3.63. The average molecular weight is 187 g/mol. The van der Waals surface area contributed by atoms with Crippen molar-refractivity contribution in [2.45, 2.75) is 20.4 Å². The molecule has 0 saturated carbocycles. The Balaban J connectivity index is 2.70. The molecule has 1 aromatic carbocycles. The van der Waals surface area contributed by atoms with Crippen molar-refractivity contribution in [3.8, 4) is 0 Å². The summed E-state index contributed by atoms with van der Waals surface area (Å²) in [7, 11) is 0. The Morgan fingerprint density at radius 3 is 2.79 bits per heavy atom. The molecule has 0 spiro atoms. The molecule has 2 heteroatoms. The third kappa shape index (κ3) is 1.33. The zero-order chi connectivity index (χ0) is 10.1. The molecule has 2 nitrogen and oxygen atoms in total. The molecule has 1 aromatic heterocycles. The van der Waals surface area contributed by atoms with Crippen LogP contribution in [-0.2, 0) is 11.3 Å². The highest BCUT2D eigenvalue weighted by Crippen LogP contribution is 2.20. The van der Waals surface area contributed by atoms with E-state index in [0.717, 1.165) is 17.5 Å². The fourth-order valence-corrected chi connectivity index (χ4v) is 1.85. The van der Waals surface area contributed by atoms with Crippen molar-refractivity contribution in [2.24, 2.45) is 0 Å². The van der Waals surface area contributed by atoms with E-state index in [1.807, 2.05) is 11.5 Å². The minimum atomic E-state index is 0.443. The summed E-state index contributed by atoms with van der Waals surface area (Å²) >= 11 is 0. The first kappa shape index (κ1) is 9.00. The molecule has 1 heterocycles. The van der Waals surface area contributed by atoms with Crippen LogP contribution in [-0.4, -0.2) is 10.9 Å². The summed E-state index contributed by atoms with van der Waals surface area (Å²) in [6, 6.07) is 8.40. The van der Waals surface area contributed by atoms with Crippen molar-refractivity contribution in [3.63, 3.8) is 0 Å². The molecule has 0 aliphatic heterocycles. The number of rotatable bonds is 2. The number of aldehydes is 1. The fourth-order valence-electron chi connectivity index (χ4n) is 1.85. The monoisotopic (exact) mass is 187 g/mol. The molecule has 0 radical (unpaired) electrons. The second kappa shape index (κ2) is 3.29. The molecule has 0 bridgehead atoms. The van der Waals surface area contributed by atoms with Crippen molar-refractivity contribution < 1.29 is 4.79 Å². The average Bonchev–Trinajstić information content (AvgIpc) is 2.43. The lowest BCUT2D eigenvalue weighted by Gasteiger charge is -2.02. The van der Waals surface area contributed by atoms with Crippen LogP contribution in [0.5, 0.6) is 0 Å². The van der Waals surface area contributed by atoms with E-state index in [1.54, 1.807) is 0 Å². The van der Waals surface area contributed by atoms with Gasteiger partial charge in [0.2, 0.25) is 0 Å². The summed E-state index contributed by atoms with van der Waals surface area (Å²) in [6.07, 6.45) is 0.937. The number of fused-ring (bicyclic) bond motifs is 1. The van der Waals surface area contributed by atoms with Crippen LogP contribution in [0.2, 0.25) is 0 Å². The summed E-state index contributed by atoms with van der Waals surface area (Å²) < 4.78 is 2.03. The number of nitrogens with zero attached hydrogens (tertiary/aromatic N) is 1. The molecule has 0 amide bonds. The standard InChI is InChI=1S/C12H13NO/c1-9-3-4-12-11(7-9)8-10(2)13(12)5-6-14/h3-4,6-8H,5H2,1-2H3. The molecule has 0 aliphatic carbocycles. The topological polar surface area (TPSA) is 22.0 Å². The minimum absolute atomic E-state index is 0.443. The first-order valence-corrected chi connectivity index (χ1v) is 4.72. The van der Waals surface area contributed by atoms with Gasteiger partial charge in [-0.05, 0) is 32.0 Å². The van der Waals surface area contributed by atoms with Crippen molar-refractivity contribution in [1.29, 1.82) is 0 Å². The van der Waals surface area contributed by atoms with Gasteiger partial charge in [-0.2, -0.15) is 0 Å². The Bertz CT molecular complexity index is 482. The molecule has 14 heavy (non-hydrogen) atoms. The predicted molar refractivity (Wildman–Crippen MR) is 57.5 cm³/mol. The summed E-state index contributed by atoms with van der Waals surface area (Å²) in [4.78, 5) is 10.5. The maximum atomic E-state index is 10.5. The molecule has 0 N–H and O–H groups in total.